The van der Waals surface area contributed by atoms with Crippen LogP contribution in [0.5, 0.6) is 5.75 Å². The van der Waals surface area contributed by atoms with E-state index in [1.165, 1.54) is 0 Å². The molecule has 1 aliphatic carbocycles. The van der Waals surface area contributed by atoms with Crippen molar-refractivity contribution in [2.45, 2.75) is 19.8 Å². The summed E-state index contributed by atoms with van der Waals surface area (Å²) in [6, 6.07) is 3.32. The van der Waals surface area contributed by atoms with E-state index in [9.17, 15) is 10.1 Å². The first-order valence-electron chi connectivity index (χ1n) is 5.42. The van der Waals surface area contributed by atoms with Gasteiger partial charge in [0.25, 0.3) is 0 Å². The first-order chi connectivity index (χ1) is 8.06. The van der Waals surface area contributed by atoms with Crippen LogP contribution in [0, 0.1) is 22.5 Å². The van der Waals surface area contributed by atoms with E-state index in [4.69, 9.17) is 4.74 Å². The molecule has 0 amide bonds. The minimum Gasteiger partial charge on any atom is -0.485 e. The van der Waals surface area contributed by atoms with Crippen molar-refractivity contribution in [1.82, 2.24) is 4.98 Å². The molecule has 0 radical (unpaired) electrons. The molecule has 0 spiro atoms. The number of ether oxygens (including phenoxy) is 1. The molecule has 1 saturated carbocycles. The van der Waals surface area contributed by atoms with E-state index >= 15 is 0 Å². The van der Waals surface area contributed by atoms with Gasteiger partial charge in [0.1, 0.15) is 5.69 Å². The van der Waals surface area contributed by atoms with Crippen molar-refractivity contribution in [1.29, 1.82) is 0 Å². The molecule has 0 aliphatic heterocycles. The van der Waals surface area contributed by atoms with E-state index in [0.717, 1.165) is 18.6 Å². The molecule has 1 heterocycles. The fourth-order valence-corrected chi connectivity index (χ4v) is 1.94. The maximum atomic E-state index is 10.8. The van der Waals surface area contributed by atoms with E-state index in [0.29, 0.717) is 12.3 Å². The lowest BCUT2D eigenvalue weighted by molar-refractivity contribution is -0.390. The monoisotopic (exact) mass is 254 g/mol. The average molecular weight is 254 g/mol. The molecule has 1 aromatic heterocycles. The molecule has 2 rings (SSSR count). The van der Waals surface area contributed by atoms with Gasteiger partial charge < -0.3 is 14.9 Å². The van der Waals surface area contributed by atoms with Crippen molar-refractivity contribution < 1.29 is 9.66 Å². The van der Waals surface area contributed by atoms with Crippen molar-refractivity contribution >= 4 is 18.4 Å². The molecule has 0 N–H and O–H groups in total. The van der Waals surface area contributed by atoms with Gasteiger partial charge in [0.05, 0.1) is 6.61 Å². The minimum absolute atomic E-state index is 0.113. The third kappa shape index (κ3) is 2.69. The number of hydrogen-bond donors (Lipinski definition) is 1. The summed E-state index contributed by atoms with van der Waals surface area (Å²) < 4.78 is 5.52. The van der Waals surface area contributed by atoms with E-state index < -0.39 is 4.92 Å². The van der Waals surface area contributed by atoms with Gasteiger partial charge in [-0.3, -0.25) is 0 Å². The number of nitro groups is 1. The van der Waals surface area contributed by atoms with Gasteiger partial charge in [0, 0.05) is 12.3 Å². The van der Waals surface area contributed by atoms with Crippen LogP contribution in [0.25, 0.3) is 0 Å². The Bertz CT molecular complexity index is 446. The summed E-state index contributed by atoms with van der Waals surface area (Å²) in [4.78, 5) is 14.2. The Kier molecular flexibility index (Phi) is 3.24. The lowest BCUT2D eigenvalue weighted by Gasteiger charge is -2.13. The molecule has 92 valence electrons. The maximum absolute atomic E-state index is 10.8. The number of pyridine rings is 1. The highest BCUT2D eigenvalue weighted by Crippen LogP contribution is 2.47. The summed E-state index contributed by atoms with van der Waals surface area (Å²) >= 11 is 4.26. The Morgan fingerprint density at radius 2 is 2.29 bits per heavy atom. The normalized spacial score (nSPS) is 16.6. The van der Waals surface area contributed by atoms with Gasteiger partial charge in [-0.25, -0.2) is 0 Å². The lowest BCUT2D eigenvalue weighted by Crippen LogP contribution is -2.15. The van der Waals surface area contributed by atoms with Crippen LogP contribution in [0.2, 0.25) is 0 Å². The van der Waals surface area contributed by atoms with Crippen LogP contribution in [-0.4, -0.2) is 22.3 Å². The summed E-state index contributed by atoms with van der Waals surface area (Å²) in [5.74, 6) is 0.786. The van der Waals surface area contributed by atoms with Crippen molar-refractivity contribution in [2.24, 2.45) is 5.41 Å². The maximum Gasteiger partial charge on any atom is 0.406 e. The van der Waals surface area contributed by atoms with Crippen LogP contribution in [0.4, 0.5) is 5.82 Å². The van der Waals surface area contributed by atoms with Crippen LogP contribution in [0.15, 0.2) is 12.1 Å². The Balaban J connectivity index is 2.12. The average Bonchev–Trinajstić information content (AvgIpc) is 3.08. The highest BCUT2D eigenvalue weighted by molar-refractivity contribution is 7.80. The molecule has 0 unspecified atom stereocenters. The first-order valence-corrected chi connectivity index (χ1v) is 6.05. The zero-order valence-corrected chi connectivity index (χ0v) is 10.4. The van der Waals surface area contributed by atoms with Gasteiger partial charge >= 0.3 is 5.82 Å². The van der Waals surface area contributed by atoms with Gasteiger partial charge in [-0.1, -0.05) is 0 Å². The van der Waals surface area contributed by atoms with E-state index in [1.807, 2.05) is 0 Å². The van der Waals surface area contributed by atoms with E-state index in [2.05, 4.69) is 17.6 Å². The zero-order chi connectivity index (χ0) is 12.5. The third-order valence-corrected chi connectivity index (χ3v) is 3.65. The molecule has 5 nitrogen and oxygen atoms in total. The molecule has 1 fully saturated rings. The molecule has 0 bridgehead atoms. The van der Waals surface area contributed by atoms with E-state index in [1.54, 1.807) is 19.1 Å². The van der Waals surface area contributed by atoms with Crippen LogP contribution >= 0.6 is 12.6 Å². The minimum atomic E-state index is -0.511. The van der Waals surface area contributed by atoms with Gasteiger partial charge in [-0.15, -0.1) is 0 Å². The number of rotatable bonds is 5. The Morgan fingerprint density at radius 1 is 1.59 bits per heavy atom. The summed E-state index contributed by atoms with van der Waals surface area (Å²) in [5.41, 5.74) is 0.723. The highest BCUT2D eigenvalue weighted by Gasteiger charge is 2.42. The first kappa shape index (κ1) is 12.2. The van der Waals surface area contributed by atoms with Crippen LogP contribution in [0.3, 0.4) is 0 Å². The zero-order valence-electron chi connectivity index (χ0n) is 9.55. The summed E-state index contributed by atoms with van der Waals surface area (Å²) in [6.45, 7) is 2.19. The fourth-order valence-electron chi connectivity index (χ4n) is 1.53. The predicted molar refractivity (Wildman–Crippen MR) is 66.6 cm³/mol. The molecular weight excluding hydrogens is 240 g/mol. The second-order valence-corrected chi connectivity index (χ2v) is 4.79. The summed E-state index contributed by atoms with van der Waals surface area (Å²) in [7, 11) is 0. The van der Waals surface area contributed by atoms with Gasteiger partial charge in [0.15, 0.2) is 0 Å². The molecule has 6 heteroatoms. The second-order valence-electron chi connectivity index (χ2n) is 4.48. The highest BCUT2D eigenvalue weighted by atomic mass is 32.1. The topological polar surface area (TPSA) is 65.3 Å². The van der Waals surface area contributed by atoms with Crippen molar-refractivity contribution in [3.8, 4) is 5.75 Å². The van der Waals surface area contributed by atoms with Gasteiger partial charge in [-0.05, 0) is 40.6 Å². The molecule has 1 aromatic rings. The van der Waals surface area contributed by atoms with Gasteiger partial charge in [-0.2, -0.15) is 12.6 Å². The molecule has 1 aliphatic rings. The summed E-state index contributed by atoms with van der Waals surface area (Å²) in [5, 5.41) is 10.8. The SMILES string of the molecule is Cc1ccc(OCC2(CS)CC2)c([N+](=O)[O-])n1. The van der Waals surface area contributed by atoms with Crippen LogP contribution in [-0.2, 0) is 0 Å². The second kappa shape index (κ2) is 4.52. The largest absolute Gasteiger partial charge is 0.485 e. The molecule has 0 atom stereocenters. The number of hydrogen-bond acceptors (Lipinski definition) is 5. The standard InChI is InChI=1S/C11H14N2O3S/c1-8-2-3-9(10(12-8)13(14)15)16-6-11(7-17)4-5-11/h2-3,17H,4-7H2,1H3. The Hall–Kier alpha value is -1.30. The summed E-state index contributed by atoms with van der Waals surface area (Å²) in [6.07, 6.45) is 2.15. The number of aromatic nitrogens is 1. The molecule has 0 saturated heterocycles. The third-order valence-electron chi connectivity index (χ3n) is 2.98. The van der Waals surface area contributed by atoms with E-state index in [-0.39, 0.29) is 17.0 Å². The van der Waals surface area contributed by atoms with Gasteiger partial charge in [0.2, 0.25) is 5.75 Å². The van der Waals surface area contributed by atoms with Crippen molar-refractivity contribution in [2.75, 3.05) is 12.4 Å². The quantitative estimate of drug-likeness (QED) is 0.498. The Morgan fingerprint density at radius 3 is 2.82 bits per heavy atom. The lowest BCUT2D eigenvalue weighted by atomic mass is 10.2. The Labute approximate surface area is 105 Å². The van der Waals surface area contributed by atoms with Crippen LogP contribution in [0.1, 0.15) is 18.5 Å². The molecular formula is C11H14N2O3S. The smallest absolute Gasteiger partial charge is 0.406 e. The number of nitrogens with zero attached hydrogens (tertiary/aromatic N) is 2. The van der Waals surface area contributed by atoms with Crippen molar-refractivity contribution in [3.63, 3.8) is 0 Å². The molecule has 17 heavy (non-hydrogen) atoms. The van der Waals surface area contributed by atoms with Crippen LogP contribution < -0.4 is 4.74 Å². The number of thiol groups is 1. The fraction of sp³-hybridized carbons (Fsp3) is 0.545. The predicted octanol–water partition coefficient (Wildman–Crippen LogP) is 2.39. The number of aryl methyl sites for hydroxylation is 1. The molecule has 0 aromatic carbocycles. The van der Waals surface area contributed by atoms with Crippen molar-refractivity contribution in [3.05, 3.63) is 27.9 Å².